The number of pyridine rings is 2. The first-order chi connectivity index (χ1) is 14.1. The van der Waals surface area contributed by atoms with Crippen molar-refractivity contribution < 1.29 is 23.1 Å². The van der Waals surface area contributed by atoms with Crippen LogP contribution in [-0.2, 0) is 16.6 Å². The highest BCUT2D eigenvalue weighted by molar-refractivity contribution is 5.92. The summed E-state index contributed by atoms with van der Waals surface area (Å²) in [6.45, 7) is 1.49. The molecule has 0 spiro atoms. The van der Waals surface area contributed by atoms with E-state index in [1.165, 1.54) is 23.8 Å². The van der Waals surface area contributed by atoms with Crippen LogP contribution in [0.15, 0.2) is 42.7 Å². The molecule has 1 amide bonds. The van der Waals surface area contributed by atoms with Gasteiger partial charge in [-0.15, -0.1) is 5.10 Å². The lowest BCUT2D eigenvalue weighted by molar-refractivity contribution is -0.137. The highest BCUT2D eigenvalue weighted by atomic mass is 19.4. The highest BCUT2D eigenvalue weighted by Crippen LogP contribution is 2.43. The minimum Gasteiger partial charge on any atom is -0.383 e. The van der Waals surface area contributed by atoms with Crippen LogP contribution in [0.3, 0.4) is 0 Å². The molecule has 0 saturated heterocycles. The Morgan fingerprint density at radius 1 is 1.30 bits per heavy atom. The molecule has 0 radical (unpaired) electrons. The second-order valence-corrected chi connectivity index (χ2v) is 7.85. The van der Waals surface area contributed by atoms with Crippen LogP contribution >= 0.6 is 0 Å². The van der Waals surface area contributed by atoms with Gasteiger partial charge in [-0.1, -0.05) is 12.5 Å². The van der Waals surface area contributed by atoms with Crippen LogP contribution in [0.2, 0.25) is 0 Å². The molecule has 4 rings (SSSR count). The molecule has 1 aliphatic rings. The van der Waals surface area contributed by atoms with E-state index in [0.29, 0.717) is 16.8 Å². The number of rotatable bonds is 5. The molecule has 6 nitrogen and oxygen atoms in total. The highest BCUT2D eigenvalue weighted by Gasteiger charge is 2.34. The molecule has 3 heterocycles. The van der Waals surface area contributed by atoms with Crippen LogP contribution in [0.25, 0.3) is 5.52 Å². The Hall–Kier alpha value is -2.94. The van der Waals surface area contributed by atoms with Gasteiger partial charge in [0, 0.05) is 18.0 Å². The summed E-state index contributed by atoms with van der Waals surface area (Å²) in [5.41, 5.74) is -0.958. The van der Waals surface area contributed by atoms with Gasteiger partial charge in [0.15, 0.2) is 5.82 Å². The van der Waals surface area contributed by atoms with E-state index in [0.717, 1.165) is 31.4 Å². The predicted molar refractivity (Wildman–Crippen MR) is 104 cm³/mol. The number of carbonyl (C=O) groups is 1. The molecular formula is C21H21F3N4O2. The minimum atomic E-state index is -4.46. The fourth-order valence-corrected chi connectivity index (χ4v) is 3.69. The summed E-state index contributed by atoms with van der Waals surface area (Å²) in [6, 6.07) is 7.07. The zero-order chi connectivity index (χ0) is 21.5. The van der Waals surface area contributed by atoms with Crippen molar-refractivity contribution >= 4 is 17.2 Å². The van der Waals surface area contributed by atoms with E-state index in [9.17, 15) is 23.1 Å². The fourth-order valence-electron chi connectivity index (χ4n) is 3.69. The van der Waals surface area contributed by atoms with Gasteiger partial charge in [-0.3, -0.25) is 9.78 Å². The second kappa shape index (κ2) is 7.39. The average molecular weight is 418 g/mol. The van der Waals surface area contributed by atoms with Gasteiger partial charge in [0.05, 0.1) is 23.2 Å². The molecule has 9 heteroatoms. The summed E-state index contributed by atoms with van der Waals surface area (Å²) in [6.07, 6.45) is 0.668. The van der Waals surface area contributed by atoms with Crippen molar-refractivity contribution in [2.24, 2.45) is 0 Å². The third kappa shape index (κ3) is 3.89. The van der Waals surface area contributed by atoms with Crippen molar-refractivity contribution in [1.82, 2.24) is 14.6 Å². The fraction of sp³-hybridized carbons (Fsp3) is 0.381. The Bertz CT molecular complexity index is 1070. The molecule has 3 aromatic heterocycles. The van der Waals surface area contributed by atoms with Crippen molar-refractivity contribution in [3.8, 4) is 0 Å². The molecule has 0 aromatic carbocycles. The van der Waals surface area contributed by atoms with Gasteiger partial charge >= 0.3 is 6.18 Å². The van der Waals surface area contributed by atoms with Crippen molar-refractivity contribution in [1.29, 1.82) is 0 Å². The van der Waals surface area contributed by atoms with Crippen LogP contribution in [0.1, 0.15) is 55.3 Å². The average Bonchev–Trinajstić information content (AvgIpc) is 2.97. The molecule has 1 fully saturated rings. The Morgan fingerprint density at radius 3 is 2.67 bits per heavy atom. The zero-order valence-corrected chi connectivity index (χ0v) is 16.3. The number of anilines is 1. The number of aliphatic hydroxyl groups is 1. The molecule has 0 unspecified atom stereocenters. The molecular weight excluding hydrogens is 397 g/mol. The molecule has 1 saturated carbocycles. The first kappa shape index (κ1) is 20.3. The molecule has 3 aromatic rings. The van der Waals surface area contributed by atoms with Gasteiger partial charge in [0.2, 0.25) is 5.91 Å². The predicted octanol–water partition coefficient (Wildman–Crippen LogP) is 4.25. The number of alkyl halides is 3. The van der Waals surface area contributed by atoms with Crippen molar-refractivity contribution in [2.75, 3.05) is 5.32 Å². The Morgan fingerprint density at radius 2 is 2.07 bits per heavy atom. The number of halogens is 3. The molecule has 0 aliphatic heterocycles. The number of amides is 1. The summed E-state index contributed by atoms with van der Waals surface area (Å²) >= 11 is 0. The minimum absolute atomic E-state index is 0.0394. The first-order valence-electron chi connectivity index (χ1n) is 9.68. The van der Waals surface area contributed by atoms with E-state index in [-0.39, 0.29) is 18.2 Å². The molecule has 30 heavy (non-hydrogen) atoms. The standard InChI is InChI=1S/C21H21F3N4O2/c1-20(30,16-7-2-3-9-25-16)12-17(29)26-19-18(13-5-4-6-13)15-11-14(21(22,23)24)8-10-28(15)27-19/h2-3,7-11,13,30H,4-6,12H2,1H3,(H,26,27,29)/t20-/m1/s1. The maximum absolute atomic E-state index is 13.2. The molecule has 1 aliphatic carbocycles. The first-order valence-corrected chi connectivity index (χ1v) is 9.68. The van der Waals surface area contributed by atoms with Gasteiger partial charge in [-0.05, 0) is 49.9 Å². The Balaban J connectivity index is 1.64. The van der Waals surface area contributed by atoms with E-state index in [2.05, 4.69) is 15.4 Å². The third-order valence-corrected chi connectivity index (χ3v) is 5.49. The van der Waals surface area contributed by atoms with Crippen molar-refractivity contribution in [3.63, 3.8) is 0 Å². The van der Waals surface area contributed by atoms with Gasteiger partial charge in [-0.25, -0.2) is 4.52 Å². The van der Waals surface area contributed by atoms with Crippen molar-refractivity contribution in [3.05, 3.63) is 59.5 Å². The number of carbonyl (C=O) groups excluding carboxylic acids is 1. The maximum Gasteiger partial charge on any atom is 0.416 e. The monoisotopic (exact) mass is 418 g/mol. The second-order valence-electron chi connectivity index (χ2n) is 7.85. The Kier molecular flexibility index (Phi) is 5.01. The van der Waals surface area contributed by atoms with Crippen molar-refractivity contribution in [2.45, 2.75) is 50.3 Å². The van der Waals surface area contributed by atoms with Gasteiger partial charge in [-0.2, -0.15) is 13.2 Å². The quantitative estimate of drug-likeness (QED) is 0.649. The van der Waals surface area contributed by atoms with Gasteiger partial charge in [0.25, 0.3) is 0 Å². The number of hydrogen-bond acceptors (Lipinski definition) is 4. The summed E-state index contributed by atoms with van der Waals surface area (Å²) < 4.78 is 40.9. The maximum atomic E-state index is 13.2. The van der Waals surface area contributed by atoms with Crippen LogP contribution in [-0.4, -0.2) is 25.6 Å². The van der Waals surface area contributed by atoms with Crippen LogP contribution < -0.4 is 5.32 Å². The van der Waals surface area contributed by atoms with E-state index in [4.69, 9.17) is 0 Å². The lowest BCUT2D eigenvalue weighted by Crippen LogP contribution is -2.29. The lowest BCUT2D eigenvalue weighted by Gasteiger charge is -2.26. The summed E-state index contributed by atoms with van der Waals surface area (Å²) in [7, 11) is 0. The number of nitrogens with zero attached hydrogens (tertiary/aromatic N) is 3. The smallest absolute Gasteiger partial charge is 0.383 e. The molecule has 1 atom stereocenters. The zero-order valence-electron chi connectivity index (χ0n) is 16.3. The van der Waals surface area contributed by atoms with Gasteiger partial charge in [0.1, 0.15) is 5.60 Å². The summed E-state index contributed by atoms with van der Waals surface area (Å²) in [5.74, 6) is -0.218. The summed E-state index contributed by atoms with van der Waals surface area (Å²) in [4.78, 5) is 16.7. The van der Waals surface area contributed by atoms with E-state index < -0.39 is 23.2 Å². The lowest BCUT2D eigenvalue weighted by atomic mass is 9.80. The van der Waals surface area contributed by atoms with E-state index in [1.54, 1.807) is 18.2 Å². The number of fused-ring (bicyclic) bond motifs is 1. The SMILES string of the molecule is C[C@@](O)(CC(=O)Nc1nn2ccc(C(F)(F)F)cc2c1C1CCC1)c1ccccn1. The van der Waals surface area contributed by atoms with Crippen LogP contribution in [0.4, 0.5) is 19.0 Å². The van der Waals surface area contributed by atoms with E-state index >= 15 is 0 Å². The van der Waals surface area contributed by atoms with E-state index in [1.807, 2.05) is 0 Å². The molecule has 158 valence electrons. The summed E-state index contributed by atoms with van der Waals surface area (Å²) in [5, 5.41) is 17.7. The third-order valence-electron chi connectivity index (χ3n) is 5.49. The normalized spacial score (nSPS) is 16.8. The molecule has 0 bridgehead atoms. The number of hydrogen-bond donors (Lipinski definition) is 2. The van der Waals surface area contributed by atoms with Crippen LogP contribution in [0.5, 0.6) is 0 Å². The topological polar surface area (TPSA) is 79.5 Å². The van der Waals surface area contributed by atoms with Gasteiger partial charge < -0.3 is 10.4 Å². The number of aromatic nitrogens is 3. The largest absolute Gasteiger partial charge is 0.416 e. The van der Waals surface area contributed by atoms with Crippen LogP contribution in [0, 0.1) is 0 Å². The Labute approximate surface area is 170 Å². The number of nitrogens with one attached hydrogen (secondary N) is 1. The molecule has 2 N–H and O–H groups in total.